The number of aliphatic carboxylic acids is 1. The van der Waals surface area contributed by atoms with Crippen LogP contribution in [0.5, 0.6) is 0 Å². The Balaban J connectivity index is 1.22. The van der Waals surface area contributed by atoms with Crippen LogP contribution in [0.4, 0.5) is 0 Å². The lowest BCUT2D eigenvalue weighted by atomic mass is 9.77. The van der Waals surface area contributed by atoms with Gasteiger partial charge >= 0.3 is 11.8 Å². The van der Waals surface area contributed by atoms with E-state index in [0.717, 1.165) is 38.9 Å². The molecule has 0 radical (unpaired) electrons. The van der Waals surface area contributed by atoms with Gasteiger partial charge in [-0.3, -0.25) is 0 Å². The van der Waals surface area contributed by atoms with Crippen LogP contribution >= 0.6 is 0 Å². The molecule has 12 heteroatoms. The van der Waals surface area contributed by atoms with Crippen molar-refractivity contribution in [3.63, 3.8) is 0 Å². The molecule has 2 aromatic heterocycles. The van der Waals surface area contributed by atoms with Crippen LogP contribution < -0.4 is 11.1 Å². The topological polar surface area (TPSA) is 160 Å². The minimum Gasteiger partial charge on any atom is -0.477 e. The van der Waals surface area contributed by atoms with Gasteiger partial charge in [0.15, 0.2) is 11.6 Å². The molecule has 3 heterocycles. The van der Waals surface area contributed by atoms with Crippen molar-refractivity contribution in [2.75, 3.05) is 0 Å². The van der Waals surface area contributed by atoms with Crippen LogP contribution in [0.3, 0.4) is 0 Å². The number of carboxylic acids is 1. The van der Waals surface area contributed by atoms with Crippen LogP contribution in [-0.4, -0.2) is 52.6 Å². The highest BCUT2D eigenvalue weighted by molar-refractivity contribution is 5.88. The Bertz CT molecular complexity index is 2600. The molecule has 1 aliphatic rings. The van der Waals surface area contributed by atoms with E-state index in [4.69, 9.17) is 19.1 Å². The number of benzene rings is 5. The lowest BCUT2D eigenvalue weighted by Gasteiger charge is -2.41. The molecule has 3 N–H and O–H groups in total. The Kier molecular flexibility index (Phi) is 10.6. The fourth-order valence-corrected chi connectivity index (χ4v) is 8.63. The lowest BCUT2D eigenvalue weighted by molar-refractivity contribution is -0.135. The van der Waals surface area contributed by atoms with Crippen molar-refractivity contribution in [2.45, 2.75) is 70.3 Å². The minimum absolute atomic E-state index is 0.0561. The third kappa shape index (κ3) is 7.08. The summed E-state index contributed by atoms with van der Waals surface area (Å²) in [6.07, 6.45) is 1.24. The first-order chi connectivity index (χ1) is 29.0. The summed E-state index contributed by atoms with van der Waals surface area (Å²) in [4.78, 5) is 26.9. The van der Waals surface area contributed by atoms with Crippen LogP contribution in [0, 0.1) is 6.92 Å². The van der Waals surface area contributed by atoms with Gasteiger partial charge in [-0.25, -0.2) is 14.3 Å². The summed E-state index contributed by atoms with van der Waals surface area (Å²) in [7, 11) is 0. The number of aromatic nitrogens is 4. The van der Waals surface area contributed by atoms with E-state index in [1.165, 1.54) is 0 Å². The maximum atomic E-state index is 13.1. The van der Waals surface area contributed by atoms with Crippen molar-refractivity contribution < 1.29 is 23.8 Å². The van der Waals surface area contributed by atoms with Gasteiger partial charge in [0.05, 0.1) is 12.1 Å². The third-order valence-electron chi connectivity index (χ3n) is 11.3. The molecule has 8 rings (SSSR count). The lowest BCUT2D eigenvalue weighted by Crippen LogP contribution is -2.55. The van der Waals surface area contributed by atoms with Crippen LogP contribution in [-0.2, 0) is 23.3 Å². The van der Waals surface area contributed by atoms with Crippen molar-refractivity contribution in [3.05, 3.63) is 195 Å². The number of aliphatic hydroxyl groups is 1. The van der Waals surface area contributed by atoms with Gasteiger partial charge in [-0.05, 0) is 71.0 Å². The van der Waals surface area contributed by atoms with Gasteiger partial charge in [0.25, 0.3) is 0 Å². The van der Waals surface area contributed by atoms with E-state index in [2.05, 4.69) is 46.9 Å². The predicted octanol–water partition coefficient (Wildman–Crippen LogP) is 7.91. The average molecular weight is 803 g/mol. The molecule has 1 unspecified atom stereocenters. The number of nitrogens with one attached hydrogen (secondary N) is 1. The Labute approximate surface area is 347 Å². The van der Waals surface area contributed by atoms with Crippen molar-refractivity contribution >= 4 is 5.97 Å². The van der Waals surface area contributed by atoms with Gasteiger partial charge in [0, 0.05) is 12.1 Å². The molecule has 0 aliphatic carbocycles. The summed E-state index contributed by atoms with van der Waals surface area (Å²) in [5.41, 5.74) is 2.99. The second kappa shape index (κ2) is 16.0. The molecule has 1 aliphatic heterocycles. The van der Waals surface area contributed by atoms with Gasteiger partial charge in [0.2, 0.25) is 0 Å². The first-order valence-electron chi connectivity index (χ1n) is 20.0. The molecule has 7 aromatic rings. The predicted molar refractivity (Wildman–Crippen MR) is 226 cm³/mol. The molecule has 0 amide bonds. The fraction of sp³-hybridized carbons (Fsp3) is 0.229. The quantitative estimate of drug-likeness (QED) is 0.0918. The molecule has 5 aromatic carbocycles. The van der Waals surface area contributed by atoms with Crippen LogP contribution in [0.1, 0.15) is 67.4 Å². The molecule has 1 atom stereocenters. The van der Waals surface area contributed by atoms with Gasteiger partial charge in [-0.15, -0.1) is 5.10 Å². The number of carboxylic acid groups (broad SMARTS) is 1. The first kappa shape index (κ1) is 39.8. The molecule has 0 saturated carbocycles. The van der Waals surface area contributed by atoms with E-state index < -0.39 is 28.6 Å². The van der Waals surface area contributed by atoms with Crippen LogP contribution in [0.15, 0.2) is 165 Å². The summed E-state index contributed by atoms with van der Waals surface area (Å²) in [5.74, 6) is -0.839. The molecule has 0 spiro atoms. The Hall–Kier alpha value is -7.05. The van der Waals surface area contributed by atoms with E-state index in [0.29, 0.717) is 30.2 Å². The standard InChI is InChI=1S/C48H46N6O6/c1-5-29-47(30-40-32(2)59-45(57)60-40)49-42(46(3,4)58)41(44(55)56)53(47)31-33-25-27-34(28-26-33)38-23-15-16-24-39(38)43-50-51-52-54(43)48(35-17-9-6-10-18-35,36-19-11-7-12-20-36)37-21-13-8-14-22-37/h6-28,49,58H,5,29-31H2,1-4H3,(H,55,56). The normalized spacial score (nSPS) is 15.7. The van der Waals surface area contributed by atoms with E-state index in [9.17, 15) is 19.8 Å². The van der Waals surface area contributed by atoms with Crippen LogP contribution in [0.25, 0.3) is 22.5 Å². The SMILES string of the molecule is CCCC1(Cc2oc(=O)oc2C)NC(C(C)(C)O)=C(C(=O)O)N1Cc1ccc(-c2ccccc2-c2nnnn2C(c2ccccc2)(c2ccccc2)c2ccccc2)cc1. The smallest absolute Gasteiger partial charge is 0.477 e. The van der Waals surface area contributed by atoms with Crippen molar-refractivity contribution in [1.29, 1.82) is 0 Å². The number of tetrazole rings is 1. The highest BCUT2D eigenvalue weighted by Gasteiger charge is 2.51. The van der Waals surface area contributed by atoms with Crippen molar-refractivity contribution in [3.8, 4) is 22.5 Å². The number of carbonyl (C=O) groups is 1. The van der Waals surface area contributed by atoms with Crippen molar-refractivity contribution in [2.24, 2.45) is 0 Å². The molecule has 12 nitrogen and oxygen atoms in total. The number of rotatable bonds is 14. The molecular formula is C48H46N6O6. The molecule has 60 heavy (non-hydrogen) atoms. The Morgan fingerprint density at radius 2 is 1.33 bits per heavy atom. The van der Waals surface area contributed by atoms with Gasteiger partial charge in [-0.1, -0.05) is 153 Å². The first-order valence-corrected chi connectivity index (χ1v) is 20.0. The number of aryl methyl sites for hydroxylation is 1. The molecule has 0 fully saturated rings. The Morgan fingerprint density at radius 1 is 0.783 bits per heavy atom. The minimum atomic E-state index is -1.52. The molecule has 0 saturated heterocycles. The zero-order valence-corrected chi connectivity index (χ0v) is 33.9. The fourth-order valence-electron chi connectivity index (χ4n) is 8.63. The summed E-state index contributed by atoms with van der Waals surface area (Å²) in [5, 5.41) is 39.1. The zero-order chi connectivity index (χ0) is 42.1. The maximum Gasteiger partial charge on any atom is 0.519 e. The summed E-state index contributed by atoms with van der Waals surface area (Å²) < 4.78 is 12.5. The number of nitrogens with zero attached hydrogens (tertiary/aromatic N) is 5. The van der Waals surface area contributed by atoms with E-state index in [1.807, 2.05) is 115 Å². The van der Waals surface area contributed by atoms with Crippen molar-refractivity contribution in [1.82, 2.24) is 30.4 Å². The van der Waals surface area contributed by atoms with Crippen LogP contribution in [0.2, 0.25) is 0 Å². The highest BCUT2D eigenvalue weighted by Crippen LogP contribution is 2.44. The molecule has 0 bridgehead atoms. The monoisotopic (exact) mass is 802 g/mol. The highest BCUT2D eigenvalue weighted by atomic mass is 16.6. The average Bonchev–Trinajstić information content (AvgIpc) is 3.95. The molecule has 304 valence electrons. The summed E-state index contributed by atoms with van der Waals surface area (Å²) in [6.45, 7) is 6.90. The van der Waals surface area contributed by atoms with E-state index >= 15 is 0 Å². The second-order valence-electron chi connectivity index (χ2n) is 15.7. The third-order valence-corrected chi connectivity index (χ3v) is 11.3. The number of hydrogen-bond acceptors (Lipinski definition) is 10. The molecular weight excluding hydrogens is 757 g/mol. The van der Waals surface area contributed by atoms with Gasteiger partial charge in [0.1, 0.15) is 28.3 Å². The van der Waals surface area contributed by atoms with E-state index in [1.54, 1.807) is 25.7 Å². The maximum absolute atomic E-state index is 13.1. The zero-order valence-electron chi connectivity index (χ0n) is 33.9. The van der Waals surface area contributed by atoms with E-state index in [-0.39, 0.29) is 24.4 Å². The largest absolute Gasteiger partial charge is 0.519 e. The van der Waals surface area contributed by atoms with Gasteiger partial charge < -0.3 is 29.3 Å². The summed E-state index contributed by atoms with van der Waals surface area (Å²) in [6, 6.07) is 46.7. The second-order valence-corrected chi connectivity index (χ2v) is 15.7. The Morgan fingerprint density at radius 3 is 1.83 bits per heavy atom. The summed E-state index contributed by atoms with van der Waals surface area (Å²) >= 11 is 0. The van der Waals surface area contributed by atoms with Gasteiger partial charge in [-0.2, -0.15) is 0 Å². The number of hydrogen-bond donors (Lipinski definition) is 3.